The SMILES string of the molecule is COc1ccccc1/C(=C\C(=O)N(C)c1ccccc1)OC(=O)C(C)(C)C. The molecule has 0 saturated heterocycles. The molecule has 0 N–H and O–H groups in total. The molecule has 27 heavy (non-hydrogen) atoms. The highest BCUT2D eigenvalue weighted by molar-refractivity contribution is 6.05. The summed E-state index contributed by atoms with van der Waals surface area (Å²) in [5.41, 5.74) is 0.558. The Balaban J connectivity index is 2.43. The molecule has 1 amide bonds. The summed E-state index contributed by atoms with van der Waals surface area (Å²) < 4.78 is 11.0. The van der Waals surface area contributed by atoms with Crippen molar-refractivity contribution in [3.8, 4) is 5.75 Å². The molecule has 0 fully saturated rings. The van der Waals surface area contributed by atoms with Crippen molar-refractivity contribution in [2.24, 2.45) is 5.41 Å². The number of ether oxygens (including phenoxy) is 2. The number of carbonyl (C=O) groups is 2. The summed E-state index contributed by atoms with van der Waals surface area (Å²) in [6.07, 6.45) is 1.31. The van der Waals surface area contributed by atoms with Crippen LogP contribution in [0.5, 0.6) is 5.75 Å². The van der Waals surface area contributed by atoms with Gasteiger partial charge in [-0.2, -0.15) is 0 Å². The van der Waals surface area contributed by atoms with Crippen LogP contribution in [0, 0.1) is 5.41 Å². The van der Waals surface area contributed by atoms with Crippen molar-refractivity contribution < 1.29 is 19.1 Å². The van der Waals surface area contributed by atoms with E-state index < -0.39 is 11.4 Å². The Morgan fingerprint density at radius 1 is 0.963 bits per heavy atom. The first-order valence-corrected chi connectivity index (χ1v) is 8.64. The van der Waals surface area contributed by atoms with Gasteiger partial charge in [0.05, 0.1) is 18.1 Å². The molecule has 0 bridgehead atoms. The highest BCUT2D eigenvalue weighted by Gasteiger charge is 2.26. The molecule has 142 valence electrons. The van der Waals surface area contributed by atoms with Crippen LogP contribution in [0.15, 0.2) is 60.7 Å². The van der Waals surface area contributed by atoms with Crippen molar-refractivity contribution in [2.45, 2.75) is 20.8 Å². The van der Waals surface area contributed by atoms with Gasteiger partial charge in [-0.25, -0.2) is 0 Å². The number of hydrogen-bond donors (Lipinski definition) is 0. The smallest absolute Gasteiger partial charge is 0.316 e. The lowest BCUT2D eigenvalue weighted by molar-refractivity contribution is -0.145. The van der Waals surface area contributed by atoms with Crippen LogP contribution >= 0.6 is 0 Å². The van der Waals surface area contributed by atoms with Crippen molar-refractivity contribution >= 4 is 23.3 Å². The lowest BCUT2D eigenvalue weighted by atomic mass is 9.97. The van der Waals surface area contributed by atoms with Crippen LogP contribution < -0.4 is 9.64 Å². The molecule has 0 saturated carbocycles. The molecular formula is C22H25NO4. The zero-order chi connectivity index (χ0) is 20.0. The monoisotopic (exact) mass is 367 g/mol. The van der Waals surface area contributed by atoms with E-state index in [-0.39, 0.29) is 11.7 Å². The van der Waals surface area contributed by atoms with E-state index in [0.717, 1.165) is 5.69 Å². The Hall–Kier alpha value is -3.08. The summed E-state index contributed by atoms with van der Waals surface area (Å²) in [4.78, 5) is 26.7. The minimum atomic E-state index is -0.713. The fraction of sp³-hybridized carbons (Fsp3) is 0.273. The van der Waals surface area contributed by atoms with Crippen LogP contribution in [-0.2, 0) is 14.3 Å². The number of esters is 1. The first-order chi connectivity index (χ1) is 12.7. The Kier molecular flexibility index (Phi) is 6.40. The minimum absolute atomic E-state index is 0.153. The van der Waals surface area contributed by atoms with Crippen molar-refractivity contribution in [1.82, 2.24) is 0 Å². The van der Waals surface area contributed by atoms with Gasteiger partial charge in [-0.05, 0) is 45.0 Å². The summed E-state index contributed by atoms with van der Waals surface area (Å²) >= 11 is 0. The summed E-state index contributed by atoms with van der Waals surface area (Å²) in [7, 11) is 3.19. The third-order valence-electron chi connectivity index (χ3n) is 3.92. The second-order valence-electron chi connectivity index (χ2n) is 7.08. The van der Waals surface area contributed by atoms with Crippen LogP contribution in [0.4, 0.5) is 5.69 Å². The van der Waals surface area contributed by atoms with Gasteiger partial charge < -0.3 is 14.4 Å². The van der Waals surface area contributed by atoms with Crippen LogP contribution in [0.3, 0.4) is 0 Å². The molecule has 0 aliphatic rings. The molecule has 5 nitrogen and oxygen atoms in total. The van der Waals surface area contributed by atoms with Gasteiger partial charge >= 0.3 is 5.97 Å². The number of nitrogens with zero attached hydrogens (tertiary/aromatic N) is 1. The molecule has 0 aliphatic heterocycles. The molecule has 0 unspecified atom stereocenters. The first kappa shape index (κ1) is 20.2. The van der Waals surface area contributed by atoms with Crippen LogP contribution in [0.25, 0.3) is 5.76 Å². The van der Waals surface area contributed by atoms with Gasteiger partial charge in [-0.15, -0.1) is 0 Å². The predicted molar refractivity (Wildman–Crippen MR) is 106 cm³/mol. The summed E-state index contributed by atoms with van der Waals surface area (Å²) in [5.74, 6) is -0.0839. The highest BCUT2D eigenvalue weighted by Crippen LogP contribution is 2.29. The molecule has 0 aromatic heterocycles. The third kappa shape index (κ3) is 5.20. The molecule has 0 spiro atoms. The number of hydrogen-bond acceptors (Lipinski definition) is 4. The Labute approximate surface area is 160 Å². The topological polar surface area (TPSA) is 55.8 Å². The van der Waals surface area contributed by atoms with Crippen molar-refractivity contribution in [3.63, 3.8) is 0 Å². The van der Waals surface area contributed by atoms with E-state index in [9.17, 15) is 9.59 Å². The Morgan fingerprint density at radius 3 is 2.15 bits per heavy atom. The van der Waals surface area contributed by atoms with E-state index in [1.165, 1.54) is 18.1 Å². The van der Waals surface area contributed by atoms with Crippen molar-refractivity contribution in [3.05, 3.63) is 66.2 Å². The molecule has 2 aromatic rings. The fourth-order valence-corrected chi connectivity index (χ4v) is 2.25. The molecule has 0 radical (unpaired) electrons. The normalized spacial score (nSPS) is 11.7. The molecule has 0 aliphatic carbocycles. The number of anilines is 1. The summed E-state index contributed by atoms with van der Waals surface area (Å²) in [6.45, 7) is 5.27. The number of amides is 1. The van der Waals surface area contributed by atoms with E-state index in [2.05, 4.69) is 0 Å². The number of methoxy groups -OCH3 is 1. The standard InChI is InChI=1S/C22H25NO4/c1-22(2,3)21(25)27-19(17-13-9-10-14-18(17)26-5)15-20(24)23(4)16-11-7-6-8-12-16/h6-15H,1-5H3/b19-15+. The zero-order valence-corrected chi connectivity index (χ0v) is 16.4. The zero-order valence-electron chi connectivity index (χ0n) is 16.4. The van der Waals surface area contributed by atoms with Crippen LogP contribution in [0.1, 0.15) is 26.3 Å². The van der Waals surface area contributed by atoms with Gasteiger partial charge in [0.1, 0.15) is 11.5 Å². The third-order valence-corrected chi connectivity index (χ3v) is 3.92. The maximum Gasteiger partial charge on any atom is 0.316 e. The number of benzene rings is 2. The van der Waals surface area contributed by atoms with E-state index in [0.29, 0.717) is 11.3 Å². The van der Waals surface area contributed by atoms with Gasteiger partial charge in [-0.1, -0.05) is 30.3 Å². The Morgan fingerprint density at radius 2 is 1.56 bits per heavy atom. The molecule has 2 aromatic carbocycles. The first-order valence-electron chi connectivity index (χ1n) is 8.64. The highest BCUT2D eigenvalue weighted by atomic mass is 16.5. The van der Waals surface area contributed by atoms with E-state index in [1.54, 1.807) is 46.0 Å². The van der Waals surface area contributed by atoms with Gasteiger partial charge in [0.25, 0.3) is 5.91 Å². The lowest BCUT2D eigenvalue weighted by Gasteiger charge is -2.20. The maximum atomic E-state index is 12.8. The van der Waals surface area contributed by atoms with Gasteiger partial charge in [0.2, 0.25) is 0 Å². The molecule has 0 atom stereocenters. The molecule has 0 heterocycles. The molecule has 5 heteroatoms. The largest absolute Gasteiger partial charge is 0.496 e. The second kappa shape index (κ2) is 8.54. The van der Waals surface area contributed by atoms with E-state index in [1.807, 2.05) is 36.4 Å². The minimum Gasteiger partial charge on any atom is -0.496 e. The fourth-order valence-electron chi connectivity index (χ4n) is 2.25. The van der Waals surface area contributed by atoms with Gasteiger partial charge in [-0.3, -0.25) is 9.59 Å². The van der Waals surface area contributed by atoms with Gasteiger partial charge in [0, 0.05) is 18.8 Å². The Bertz CT molecular complexity index is 835. The summed E-state index contributed by atoms with van der Waals surface area (Å²) in [6, 6.07) is 16.3. The van der Waals surface area contributed by atoms with Gasteiger partial charge in [0.15, 0.2) is 0 Å². The van der Waals surface area contributed by atoms with E-state index in [4.69, 9.17) is 9.47 Å². The van der Waals surface area contributed by atoms with Crippen LogP contribution in [0.2, 0.25) is 0 Å². The lowest BCUT2D eigenvalue weighted by Crippen LogP contribution is -2.26. The average Bonchev–Trinajstić information content (AvgIpc) is 2.66. The second-order valence-corrected chi connectivity index (χ2v) is 7.08. The number of para-hydroxylation sites is 2. The van der Waals surface area contributed by atoms with E-state index >= 15 is 0 Å². The predicted octanol–water partition coefficient (Wildman–Crippen LogP) is 4.29. The molecular weight excluding hydrogens is 342 g/mol. The maximum absolute atomic E-state index is 12.8. The molecule has 2 rings (SSSR count). The average molecular weight is 367 g/mol. The number of carbonyl (C=O) groups excluding carboxylic acids is 2. The number of likely N-dealkylation sites (N-methyl/N-ethyl adjacent to an activating group) is 1. The summed E-state index contributed by atoms with van der Waals surface area (Å²) in [5, 5.41) is 0. The quantitative estimate of drug-likeness (QED) is 0.449. The van der Waals surface area contributed by atoms with Crippen LogP contribution in [-0.4, -0.2) is 26.0 Å². The van der Waals surface area contributed by atoms with Crippen molar-refractivity contribution in [1.29, 1.82) is 0 Å². The number of rotatable bonds is 5. The van der Waals surface area contributed by atoms with Crippen molar-refractivity contribution in [2.75, 3.05) is 19.1 Å².